The first-order valence-corrected chi connectivity index (χ1v) is 7.97. The molecule has 0 aromatic carbocycles. The molecule has 2 N–H and O–H groups in total. The van der Waals surface area contributed by atoms with Crippen LogP contribution in [-0.2, 0) is 28.5 Å². The average molecular weight is 334 g/mol. The van der Waals surface area contributed by atoms with Gasteiger partial charge in [0, 0.05) is 25.9 Å². The van der Waals surface area contributed by atoms with Crippen LogP contribution in [0.3, 0.4) is 0 Å². The van der Waals surface area contributed by atoms with E-state index < -0.39 is 0 Å². The van der Waals surface area contributed by atoms with Crippen molar-refractivity contribution < 1.29 is 28.5 Å². The maximum absolute atomic E-state index is 11.3. The molecule has 0 aliphatic carbocycles. The first-order chi connectivity index (χ1) is 11.3. The lowest BCUT2D eigenvalue weighted by Gasteiger charge is -2.08. The Bertz CT molecular complexity index is 279. The molecule has 0 spiro atoms. The summed E-state index contributed by atoms with van der Waals surface area (Å²) in [6.45, 7) is 5.05. The van der Waals surface area contributed by atoms with Gasteiger partial charge in [-0.2, -0.15) is 0 Å². The van der Waals surface area contributed by atoms with Gasteiger partial charge in [0.05, 0.1) is 52.9 Å². The lowest BCUT2D eigenvalue weighted by molar-refractivity contribution is -0.121. The Hall–Kier alpha value is -1.06. The van der Waals surface area contributed by atoms with Crippen molar-refractivity contribution in [3.05, 3.63) is 0 Å². The summed E-state index contributed by atoms with van der Waals surface area (Å²) >= 11 is 0. The van der Waals surface area contributed by atoms with Gasteiger partial charge in [-0.3, -0.25) is 4.79 Å². The summed E-state index contributed by atoms with van der Waals surface area (Å²) in [6.07, 6.45) is 1.72. The summed E-state index contributed by atoms with van der Waals surface area (Å²) in [7, 11) is 1.81. The van der Waals surface area contributed by atoms with Crippen molar-refractivity contribution in [1.29, 1.82) is 0 Å². The number of carbonyl (C=O) groups is 2. The number of rotatable bonds is 18. The van der Waals surface area contributed by atoms with Crippen LogP contribution in [0.1, 0.15) is 12.8 Å². The maximum Gasteiger partial charge on any atom is 0.221 e. The summed E-state index contributed by atoms with van der Waals surface area (Å²) in [6, 6.07) is 0. The molecule has 0 bridgehead atoms. The maximum atomic E-state index is 11.3. The highest BCUT2D eigenvalue weighted by Gasteiger charge is 1.98. The Balaban J connectivity index is 3.05. The van der Waals surface area contributed by atoms with Crippen molar-refractivity contribution in [2.45, 2.75) is 12.8 Å². The Kier molecular flexibility index (Phi) is 18.1. The molecule has 23 heavy (non-hydrogen) atoms. The number of aldehydes is 1. The van der Waals surface area contributed by atoms with Crippen molar-refractivity contribution in [1.82, 2.24) is 10.6 Å². The molecule has 0 aliphatic rings. The minimum Gasteiger partial charge on any atom is -0.379 e. The normalized spacial score (nSPS) is 10.7. The van der Waals surface area contributed by atoms with Gasteiger partial charge in [0.1, 0.15) is 6.29 Å². The number of amides is 1. The van der Waals surface area contributed by atoms with E-state index in [1.165, 1.54) is 0 Å². The minimum atomic E-state index is 0.0199. The number of carbonyl (C=O) groups excluding carboxylic acids is 2. The van der Waals surface area contributed by atoms with Crippen molar-refractivity contribution >= 4 is 12.2 Å². The molecule has 0 aromatic rings. The van der Waals surface area contributed by atoms with Crippen LogP contribution < -0.4 is 10.6 Å². The summed E-state index contributed by atoms with van der Waals surface area (Å²) in [5.74, 6) is 0.0199. The van der Waals surface area contributed by atoms with Crippen LogP contribution in [0.15, 0.2) is 0 Å². The van der Waals surface area contributed by atoms with Gasteiger partial charge in [-0.1, -0.05) is 0 Å². The molecule has 0 saturated heterocycles. The predicted octanol–water partition coefficient (Wildman–Crippen LogP) is -0.632. The third-order valence-electron chi connectivity index (χ3n) is 2.67. The summed E-state index contributed by atoms with van der Waals surface area (Å²) in [4.78, 5) is 21.3. The van der Waals surface area contributed by atoms with Crippen LogP contribution in [0.2, 0.25) is 0 Å². The zero-order chi connectivity index (χ0) is 17.0. The lowest BCUT2D eigenvalue weighted by Crippen LogP contribution is -2.29. The fraction of sp³-hybridized carbons (Fsp3) is 0.867. The first kappa shape index (κ1) is 21.9. The number of ether oxygens (including phenoxy) is 4. The topological polar surface area (TPSA) is 95.1 Å². The van der Waals surface area contributed by atoms with E-state index in [1.54, 1.807) is 0 Å². The van der Waals surface area contributed by atoms with Crippen LogP contribution in [0, 0.1) is 0 Å². The van der Waals surface area contributed by atoms with E-state index in [9.17, 15) is 9.59 Å². The minimum absolute atomic E-state index is 0.0199. The number of nitrogens with one attached hydrogen (secondary N) is 2. The van der Waals surface area contributed by atoms with E-state index in [0.717, 1.165) is 6.29 Å². The molecular formula is C15H30N2O6. The highest BCUT2D eigenvalue weighted by molar-refractivity contribution is 5.75. The summed E-state index contributed by atoms with van der Waals surface area (Å²) in [5, 5.41) is 5.68. The Labute approximate surface area is 138 Å². The first-order valence-electron chi connectivity index (χ1n) is 7.97. The fourth-order valence-electron chi connectivity index (χ4n) is 1.48. The van der Waals surface area contributed by atoms with Crippen LogP contribution >= 0.6 is 0 Å². The predicted molar refractivity (Wildman–Crippen MR) is 85.5 cm³/mol. The van der Waals surface area contributed by atoms with E-state index in [1.807, 2.05) is 7.05 Å². The SMILES string of the molecule is CNCCC(=O)NCCOCCOCCOCCOCCC=O. The molecule has 0 unspecified atom stereocenters. The van der Waals surface area contributed by atoms with E-state index in [-0.39, 0.29) is 5.91 Å². The molecular weight excluding hydrogens is 304 g/mol. The molecule has 0 saturated carbocycles. The number of hydrogen-bond acceptors (Lipinski definition) is 7. The van der Waals surface area contributed by atoms with Gasteiger partial charge in [0.2, 0.25) is 5.91 Å². The smallest absolute Gasteiger partial charge is 0.221 e. The van der Waals surface area contributed by atoms with Crippen molar-refractivity contribution in [2.24, 2.45) is 0 Å². The lowest BCUT2D eigenvalue weighted by atomic mass is 10.4. The van der Waals surface area contributed by atoms with Crippen molar-refractivity contribution in [3.8, 4) is 0 Å². The van der Waals surface area contributed by atoms with E-state index >= 15 is 0 Å². The fourth-order valence-corrected chi connectivity index (χ4v) is 1.48. The van der Waals surface area contributed by atoms with Gasteiger partial charge in [-0.05, 0) is 7.05 Å². The molecule has 0 heterocycles. The summed E-state index contributed by atoms with van der Waals surface area (Å²) in [5.41, 5.74) is 0. The third kappa shape index (κ3) is 18.9. The summed E-state index contributed by atoms with van der Waals surface area (Å²) < 4.78 is 21.1. The monoisotopic (exact) mass is 334 g/mol. The van der Waals surface area contributed by atoms with E-state index in [4.69, 9.17) is 18.9 Å². The Morgan fingerprint density at radius 2 is 1.35 bits per heavy atom. The van der Waals surface area contributed by atoms with Crippen LogP contribution in [0.5, 0.6) is 0 Å². The standard InChI is InChI=1S/C15H30N2O6/c1-16-4-3-15(19)17-5-8-21-10-12-23-14-13-22-11-9-20-7-2-6-18/h6,16H,2-5,7-14H2,1H3,(H,17,19). The van der Waals surface area contributed by atoms with Crippen LogP contribution in [-0.4, -0.2) is 85.2 Å². The van der Waals surface area contributed by atoms with Gasteiger partial charge < -0.3 is 34.4 Å². The van der Waals surface area contributed by atoms with Crippen LogP contribution in [0.4, 0.5) is 0 Å². The quantitative estimate of drug-likeness (QED) is 0.254. The van der Waals surface area contributed by atoms with E-state index in [0.29, 0.717) is 78.8 Å². The van der Waals surface area contributed by atoms with Gasteiger partial charge in [-0.25, -0.2) is 0 Å². The van der Waals surface area contributed by atoms with Gasteiger partial charge in [0.25, 0.3) is 0 Å². The van der Waals surface area contributed by atoms with Crippen molar-refractivity contribution in [3.63, 3.8) is 0 Å². The molecule has 8 nitrogen and oxygen atoms in total. The molecule has 0 fully saturated rings. The molecule has 0 rings (SSSR count). The van der Waals surface area contributed by atoms with Crippen molar-refractivity contribution in [2.75, 3.05) is 73.0 Å². The molecule has 0 radical (unpaired) electrons. The third-order valence-corrected chi connectivity index (χ3v) is 2.67. The van der Waals surface area contributed by atoms with E-state index in [2.05, 4.69) is 10.6 Å². The average Bonchev–Trinajstić information content (AvgIpc) is 2.56. The second kappa shape index (κ2) is 19.0. The second-order valence-corrected chi connectivity index (χ2v) is 4.61. The zero-order valence-electron chi connectivity index (χ0n) is 14.0. The second-order valence-electron chi connectivity index (χ2n) is 4.61. The molecule has 0 atom stereocenters. The molecule has 1 amide bonds. The molecule has 0 aliphatic heterocycles. The Morgan fingerprint density at radius 3 is 1.87 bits per heavy atom. The highest BCUT2D eigenvalue weighted by atomic mass is 16.6. The molecule has 136 valence electrons. The zero-order valence-corrected chi connectivity index (χ0v) is 14.0. The number of hydrogen-bond donors (Lipinski definition) is 2. The van der Waals surface area contributed by atoms with Crippen LogP contribution in [0.25, 0.3) is 0 Å². The molecule has 0 aromatic heterocycles. The van der Waals surface area contributed by atoms with Gasteiger partial charge >= 0.3 is 0 Å². The van der Waals surface area contributed by atoms with Gasteiger partial charge in [-0.15, -0.1) is 0 Å². The van der Waals surface area contributed by atoms with Gasteiger partial charge in [0.15, 0.2) is 0 Å². The Morgan fingerprint density at radius 1 is 0.826 bits per heavy atom. The molecule has 8 heteroatoms. The largest absolute Gasteiger partial charge is 0.379 e. The highest BCUT2D eigenvalue weighted by Crippen LogP contribution is 1.84.